The zero-order chi connectivity index (χ0) is 15.3. The van der Waals surface area contributed by atoms with Gasteiger partial charge in [-0.1, -0.05) is 32.1 Å². The second-order valence-corrected chi connectivity index (χ2v) is 7.40. The summed E-state index contributed by atoms with van der Waals surface area (Å²) in [5, 5.41) is 3.14. The Hall–Kier alpha value is -0.610. The summed E-state index contributed by atoms with van der Waals surface area (Å²) in [6, 6.07) is 0. The van der Waals surface area contributed by atoms with Crippen LogP contribution in [0.25, 0.3) is 0 Å². The van der Waals surface area contributed by atoms with Gasteiger partial charge in [-0.3, -0.25) is 4.79 Å². The van der Waals surface area contributed by atoms with Gasteiger partial charge in [-0.05, 0) is 31.1 Å². The summed E-state index contributed by atoms with van der Waals surface area (Å²) in [5.74, 6) is 1.30. The minimum atomic E-state index is -0.298. The summed E-state index contributed by atoms with van der Waals surface area (Å²) in [7, 11) is 0. The molecule has 0 bridgehead atoms. The molecule has 0 unspecified atom stereocenters. The van der Waals surface area contributed by atoms with Gasteiger partial charge in [0.25, 0.3) is 0 Å². The number of nitrogens with one attached hydrogen (secondary N) is 1. The number of carbonyl (C=O) groups is 1. The van der Waals surface area contributed by atoms with Gasteiger partial charge in [0.15, 0.2) is 5.79 Å². The third kappa shape index (κ3) is 4.45. The second-order valence-electron chi connectivity index (χ2n) is 7.40. The first-order chi connectivity index (χ1) is 10.8. The Morgan fingerprint density at radius 1 is 0.955 bits per heavy atom. The fourth-order valence-corrected chi connectivity index (χ4v) is 4.33. The lowest BCUT2D eigenvalue weighted by molar-refractivity contribution is -0.183. The lowest BCUT2D eigenvalue weighted by Crippen LogP contribution is -2.36. The molecule has 0 aromatic carbocycles. The molecule has 0 radical (unpaired) electrons. The summed E-state index contributed by atoms with van der Waals surface area (Å²) in [4.78, 5) is 12.1. The van der Waals surface area contributed by atoms with Gasteiger partial charge in [-0.15, -0.1) is 0 Å². The van der Waals surface area contributed by atoms with E-state index < -0.39 is 0 Å². The molecular weight excluding hydrogens is 278 g/mol. The van der Waals surface area contributed by atoms with Crippen LogP contribution in [0.15, 0.2) is 0 Å². The minimum absolute atomic E-state index is 0.241. The van der Waals surface area contributed by atoms with Crippen molar-refractivity contribution in [1.29, 1.82) is 0 Å². The Labute approximate surface area is 134 Å². The molecule has 126 valence electrons. The van der Waals surface area contributed by atoms with E-state index >= 15 is 0 Å². The molecule has 1 amide bonds. The molecule has 22 heavy (non-hydrogen) atoms. The lowest BCUT2D eigenvalue weighted by atomic mass is 9.83. The number of rotatable bonds is 5. The predicted molar refractivity (Wildman–Crippen MR) is 85.4 cm³/mol. The Bertz CT molecular complexity index is 349. The summed E-state index contributed by atoms with van der Waals surface area (Å²) < 4.78 is 11.5. The van der Waals surface area contributed by atoms with Gasteiger partial charge in [-0.2, -0.15) is 0 Å². The van der Waals surface area contributed by atoms with Crippen LogP contribution in [0.2, 0.25) is 0 Å². The molecule has 2 aliphatic carbocycles. The third-order valence-corrected chi connectivity index (χ3v) is 5.75. The number of hydrogen-bond donors (Lipinski definition) is 1. The van der Waals surface area contributed by atoms with E-state index in [-0.39, 0.29) is 11.7 Å². The highest BCUT2D eigenvalue weighted by Gasteiger charge is 2.40. The van der Waals surface area contributed by atoms with E-state index in [2.05, 4.69) is 5.32 Å². The van der Waals surface area contributed by atoms with Crippen LogP contribution < -0.4 is 5.32 Å². The molecule has 1 spiro atoms. The summed E-state index contributed by atoms with van der Waals surface area (Å²) >= 11 is 0. The molecule has 0 aromatic rings. The Morgan fingerprint density at radius 2 is 1.64 bits per heavy atom. The van der Waals surface area contributed by atoms with Crippen molar-refractivity contribution < 1.29 is 14.3 Å². The molecule has 0 aromatic heterocycles. The highest BCUT2D eigenvalue weighted by atomic mass is 16.7. The van der Waals surface area contributed by atoms with E-state index in [1.807, 2.05) is 0 Å². The number of hydrogen-bond acceptors (Lipinski definition) is 3. The fourth-order valence-electron chi connectivity index (χ4n) is 4.33. The number of amides is 1. The van der Waals surface area contributed by atoms with Crippen LogP contribution in [0.3, 0.4) is 0 Å². The molecule has 3 fully saturated rings. The van der Waals surface area contributed by atoms with Crippen molar-refractivity contribution in [2.24, 2.45) is 11.8 Å². The van der Waals surface area contributed by atoms with Gasteiger partial charge in [0.1, 0.15) is 0 Å². The van der Waals surface area contributed by atoms with Crippen LogP contribution in [-0.2, 0) is 14.3 Å². The highest BCUT2D eigenvalue weighted by Crippen LogP contribution is 2.39. The lowest BCUT2D eigenvalue weighted by Gasteiger charge is -2.35. The molecule has 1 aliphatic heterocycles. The largest absolute Gasteiger partial charge is 0.356 e. The average molecular weight is 309 g/mol. The van der Waals surface area contributed by atoms with Gasteiger partial charge in [0.05, 0.1) is 13.2 Å². The van der Waals surface area contributed by atoms with Crippen LogP contribution >= 0.6 is 0 Å². The van der Waals surface area contributed by atoms with Gasteiger partial charge >= 0.3 is 0 Å². The first-order valence-corrected chi connectivity index (χ1v) is 9.30. The average Bonchev–Trinajstić information content (AvgIpc) is 2.99. The molecule has 4 heteroatoms. The number of ether oxygens (including phenoxy) is 2. The van der Waals surface area contributed by atoms with E-state index in [0.717, 1.165) is 51.4 Å². The van der Waals surface area contributed by atoms with Gasteiger partial charge in [-0.25, -0.2) is 0 Å². The zero-order valence-corrected chi connectivity index (χ0v) is 13.8. The second kappa shape index (κ2) is 7.78. The van der Waals surface area contributed by atoms with E-state index in [9.17, 15) is 4.79 Å². The quantitative estimate of drug-likeness (QED) is 0.847. The minimum Gasteiger partial charge on any atom is -0.356 e. The molecule has 3 rings (SSSR count). The zero-order valence-electron chi connectivity index (χ0n) is 13.8. The van der Waals surface area contributed by atoms with Crippen molar-refractivity contribution in [2.75, 3.05) is 19.8 Å². The van der Waals surface area contributed by atoms with Gasteiger partial charge in [0, 0.05) is 25.8 Å². The van der Waals surface area contributed by atoms with E-state index in [1.165, 1.54) is 38.5 Å². The van der Waals surface area contributed by atoms with Crippen molar-refractivity contribution in [3.05, 3.63) is 0 Å². The Morgan fingerprint density at radius 3 is 2.32 bits per heavy atom. The number of carbonyl (C=O) groups excluding carboxylic acids is 1. The van der Waals surface area contributed by atoms with E-state index in [4.69, 9.17) is 9.47 Å². The summed E-state index contributed by atoms with van der Waals surface area (Å²) in [6.45, 7) is 2.32. The van der Waals surface area contributed by atoms with Crippen molar-refractivity contribution in [2.45, 2.75) is 76.4 Å². The predicted octanol–water partition coefficient (Wildman–Crippen LogP) is 3.40. The van der Waals surface area contributed by atoms with Crippen molar-refractivity contribution in [3.63, 3.8) is 0 Å². The van der Waals surface area contributed by atoms with Crippen molar-refractivity contribution >= 4 is 5.91 Å². The van der Waals surface area contributed by atoms with Crippen molar-refractivity contribution in [3.8, 4) is 0 Å². The fraction of sp³-hybridized carbons (Fsp3) is 0.944. The molecule has 3 aliphatic rings. The summed E-state index contributed by atoms with van der Waals surface area (Å²) in [6.07, 6.45) is 12.7. The summed E-state index contributed by atoms with van der Waals surface area (Å²) in [5.41, 5.74) is 0. The first-order valence-electron chi connectivity index (χ1n) is 9.30. The van der Waals surface area contributed by atoms with Crippen LogP contribution in [0.4, 0.5) is 0 Å². The highest BCUT2D eigenvalue weighted by molar-refractivity contribution is 5.76. The van der Waals surface area contributed by atoms with Crippen molar-refractivity contribution in [1.82, 2.24) is 5.32 Å². The molecule has 1 N–H and O–H groups in total. The monoisotopic (exact) mass is 309 g/mol. The van der Waals surface area contributed by atoms with Gasteiger partial charge < -0.3 is 14.8 Å². The molecule has 4 nitrogen and oxygen atoms in total. The smallest absolute Gasteiger partial charge is 0.220 e. The maximum atomic E-state index is 12.1. The van der Waals surface area contributed by atoms with E-state index in [0.29, 0.717) is 12.3 Å². The standard InChI is InChI=1S/C18H31NO3/c20-17(19-11-8-15-4-2-1-3-5-15)14-16-6-9-18(10-7-16)21-12-13-22-18/h15-16H,1-14H2,(H,19,20). The topological polar surface area (TPSA) is 47.6 Å². The van der Waals surface area contributed by atoms with E-state index in [1.54, 1.807) is 0 Å². The maximum Gasteiger partial charge on any atom is 0.220 e. The molecule has 1 saturated heterocycles. The first kappa shape index (κ1) is 16.3. The molecule has 2 saturated carbocycles. The van der Waals surface area contributed by atoms with Crippen LogP contribution in [-0.4, -0.2) is 31.5 Å². The SMILES string of the molecule is O=C(CC1CCC2(CC1)OCCO2)NCCC1CCCCC1. The Kier molecular flexibility index (Phi) is 5.75. The molecule has 1 heterocycles. The van der Waals surface area contributed by atoms with Crippen LogP contribution in [0, 0.1) is 11.8 Å². The third-order valence-electron chi connectivity index (χ3n) is 5.75. The maximum absolute atomic E-state index is 12.1. The normalized spacial score (nSPS) is 26.4. The van der Waals surface area contributed by atoms with Gasteiger partial charge in [0.2, 0.25) is 5.91 Å². The van der Waals surface area contributed by atoms with Crippen LogP contribution in [0.1, 0.15) is 70.6 Å². The van der Waals surface area contributed by atoms with Crippen LogP contribution in [0.5, 0.6) is 0 Å². The molecular formula is C18H31NO3. The Balaban J connectivity index is 1.29. The molecule has 0 atom stereocenters.